The summed E-state index contributed by atoms with van der Waals surface area (Å²) in [5.41, 5.74) is 4.96. The first-order valence-electron chi connectivity index (χ1n) is 8.00. The fourth-order valence-corrected chi connectivity index (χ4v) is 3.08. The average molecular weight is 421 g/mol. The number of nitriles is 1. The average Bonchev–Trinajstić information content (AvgIpc) is 2.67. The molecule has 2 N–H and O–H groups in total. The second kappa shape index (κ2) is 8.87. The van der Waals surface area contributed by atoms with E-state index >= 15 is 0 Å². The van der Waals surface area contributed by atoms with Crippen LogP contribution in [-0.4, -0.2) is 22.4 Å². The minimum Gasteiger partial charge on any atom is -0.379 e. The third-order valence-corrected chi connectivity index (χ3v) is 5.02. The van der Waals surface area contributed by atoms with Gasteiger partial charge in [-0.15, -0.1) is 11.8 Å². The van der Waals surface area contributed by atoms with Crippen LogP contribution in [0.25, 0.3) is 10.4 Å². The van der Waals surface area contributed by atoms with E-state index in [1.165, 1.54) is 13.0 Å². The molecule has 2 rings (SSSR count). The van der Waals surface area contributed by atoms with Crippen molar-refractivity contribution in [2.24, 2.45) is 5.11 Å². The van der Waals surface area contributed by atoms with Crippen molar-refractivity contribution in [1.29, 1.82) is 5.26 Å². The standard InChI is InChI=1S/C18H14F3N5O2S/c1-17(28,10-29-14-6-4-12(5-7-14)25-26-23)16(27)24-13-3-2-11(9-22)15(8-13)18(19,20)21/h2-8,28H,10H2,1H3,(H,24,27). The zero-order valence-corrected chi connectivity index (χ0v) is 15.8. The fourth-order valence-electron chi connectivity index (χ4n) is 2.17. The Labute approximate surface area is 167 Å². The number of nitrogens with one attached hydrogen (secondary N) is 1. The number of carbonyl (C=O) groups excluding carboxylic acids is 1. The molecule has 7 nitrogen and oxygen atoms in total. The Morgan fingerprint density at radius 1 is 1.31 bits per heavy atom. The normalized spacial score (nSPS) is 13.0. The Kier molecular flexibility index (Phi) is 6.76. The number of anilines is 1. The molecule has 11 heteroatoms. The lowest BCUT2D eigenvalue weighted by atomic mass is 10.1. The molecule has 0 aromatic heterocycles. The van der Waals surface area contributed by atoms with Gasteiger partial charge in [0, 0.05) is 26.9 Å². The van der Waals surface area contributed by atoms with Crippen LogP contribution in [-0.2, 0) is 11.0 Å². The molecule has 150 valence electrons. The van der Waals surface area contributed by atoms with Gasteiger partial charge in [0.1, 0.15) is 5.60 Å². The molecule has 0 bridgehead atoms. The lowest BCUT2D eigenvalue weighted by Crippen LogP contribution is -2.42. The first kappa shape index (κ1) is 22.1. The highest BCUT2D eigenvalue weighted by atomic mass is 32.2. The smallest absolute Gasteiger partial charge is 0.379 e. The number of aliphatic hydroxyl groups is 1. The zero-order valence-electron chi connectivity index (χ0n) is 14.9. The first-order valence-corrected chi connectivity index (χ1v) is 8.98. The molecular formula is C18H14F3N5O2S. The molecule has 0 fully saturated rings. The van der Waals surface area contributed by atoms with Crippen LogP contribution < -0.4 is 5.32 Å². The summed E-state index contributed by atoms with van der Waals surface area (Å²) in [6, 6.07) is 10.6. The molecule has 0 radical (unpaired) electrons. The first-order chi connectivity index (χ1) is 13.6. The Morgan fingerprint density at radius 2 is 1.97 bits per heavy atom. The molecular weight excluding hydrogens is 407 g/mol. The highest BCUT2D eigenvalue weighted by Crippen LogP contribution is 2.34. The van der Waals surface area contributed by atoms with Crippen LogP contribution in [0.3, 0.4) is 0 Å². The second-order valence-corrected chi connectivity index (χ2v) is 7.12. The van der Waals surface area contributed by atoms with E-state index in [1.807, 2.05) is 0 Å². The van der Waals surface area contributed by atoms with Crippen LogP contribution in [0.2, 0.25) is 0 Å². The zero-order chi connectivity index (χ0) is 21.7. The number of hydrogen-bond acceptors (Lipinski definition) is 5. The fraction of sp³-hybridized carbons (Fsp3) is 0.222. The predicted molar refractivity (Wildman–Crippen MR) is 101 cm³/mol. The third kappa shape index (κ3) is 5.89. The largest absolute Gasteiger partial charge is 0.417 e. The molecule has 1 amide bonds. The maximum atomic E-state index is 13.0. The number of azide groups is 1. The van der Waals surface area contributed by atoms with Gasteiger partial charge in [0.2, 0.25) is 0 Å². The summed E-state index contributed by atoms with van der Waals surface area (Å²) in [6.45, 7) is 1.23. The van der Waals surface area contributed by atoms with Crippen LogP contribution >= 0.6 is 11.8 Å². The van der Waals surface area contributed by atoms with Gasteiger partial charge >= 0.3 is 6.18 Å². The summed E-state index contributed by atoms with van der Waals surface area (Å²) < 4.78 is 39.1. The van der Waals surface area contributed by atoms with Gasteiger partial charge in [0.25, 0.3) is 5.91 Å². The predicted octanol–water partition coefficient (Wildman–Crippen LogP) is 5.00. The Morgan fingerprint density at radius 3 is 2.52 bits per heavy atom. The molecule has 2 aromatic rings. The van der Waals surface area contributed by atoms with E-state index in [-0.39, 0.29) is 11.4 Å². The minimum absolute atomic E-state index is 0.0812. The van der Waals surface area contributed by atoms with Crippen LogP contribution in [0.1, 0.15) is 18.1 Å². The van der Waals surface area contributed by atoms with Crippen molar-refractivity contribution in [2.75, 3.05) is 11.1 Å². The number of halogens is 3. The van der Waals surface area contributed by atoms with Crippen LogP contribution in [0.4, 0.5) is 24.5 Å². The molecule has 0 aliphatic carbocycles. The van der Waals surface area contributed by atoms with E-state index in [1.54, 1.807) is 24.3 Å². The topological polar surface area (TPSA) is 122 Å². The molecule has 1 unspecified atom stereocenters. The number of carbonyl (C=O) groups is 1. The van der Waals surface area contributed by atoms with E-state index < -0.39 is 28.8 Å². The number of benzene rings is 2. The Balaban J connectivity index is 2.09. The number of amides is 1. The van der Waals surface area contributed by atoms with Crippen molar-refractivity contribution in [2.45, 2.75) is 23.6 Å². The van der Waals surface area contributed by atoms with Crippen molar-refractivity contribution in [3.05, 3.63) is 64.0 Å². The van der Waals surface area contributed by atoms with Crippen LogP contribution in [0.5, 0.6) is 0 Å². The molecule has 2 aromatic carbocycles. The lowest BCUT2D eigenvalue weighted by molar-refractivity contribution is -0.137. The van der Waals surface area contributed by atoms with E-state index in [2.05, 4.69) is 15.3 Å². The van der Waals surface area contributed by atoms with E-state index in [0.717, 1.165) is 23.9 Å². The highest BCUT2D eigenvalue weighted by molar-refractivity contribution is 7.99. The lowest BCUT2D eigenvalue weighted by Gasteiger charge is -2.22. The second-order valence-electron chi connectivity index (χ2n) is 6.07. The number of rotatable bonds is 6. The number of thioether (sulfide) groups is 1. The summed E-state index contributed by atoms with van der Waals surface area (Å²) >= 11 is 1.14. The summed E-state index contributed by atoms with van der Waals surface area (Å²) in [7, 11) is 0. The van der Waals surface area contributed by atoms with Crippen molar-refractivity contribution in [3.63, 3.8) is 0 Å². The quantitative estimate of drug-likeness (QED) is 0.295. The van der Waals surface area contributed by atoms with Crippen LogP contribution in [0.15, 0.2) is 52.5 Å². The molecule has 0 saturated carbocycles. The summed E-state index contributed by atoms with van der Waals surface area (Å²) in [6.07, 6.45) is -4.76. The van der Waals surface area contributed by atoms with Gasteiger partial charge in [-0.05, 0) is 42.8 Å². The van der Waals surface area contributed by atoms with E-state index in [9.17, 15) is 23.1 Å². The highest BCUT2D eigenvalue weighted by Gasteiger charge is 2.35. The maximum absolute atomic E-state index is 13.0. The number of hydrogen-bond donors (Lipinski definition) is 2. The van der Waals surface area contributed by atoms with Gasteiger partial charge < -0.3 is 10.4 Å². The SMILES string of the molecule is CC(O)(CSc1ccc(N=[N+]=[N-])cc1)C(=O)Nc1ccc(C#N)c(C(F)(F)F)c1. The van der Waals surface area contributed by atoms with E-state index in [0.29, 0.717) is 16.6 Å². The Bertz CT molecular complexity index is 994. The van der Waals surface area contributed by atoms with Gasteiger partial charge in [0.15, 0.2) is 0 Å². The minimum atomic E-state index is -4.76. The van der Waals surface area contributed by atoms with Crippen molar-refractivity contribution in [1.82, 2.24) is 0 Å². The van der Waals surface area contributed by atoms with Gasteiger partial charge in [-0.2, -0.15) is 18.4 Å². The number of alkyl halides is 3. The Hall–Kier alpha value is -3.19. The monoisotopic (exact) mass is 421 g/mol. The van der Waals surface area contributed by atoms with Crippen LogP contribution in [0, 0.1) is 11.3 Å². The third-order valence-electron chi connectivity index (χ3n) is 3.71. The van der Waals surface area contributed by atoms with Crippen molar-refractivity contribution >= 4 is 29.0 Å². The van der Waals surface area contributed by atoms with Gasteiger partial charge in [-0.3, -0.25) is 4.79 Å². The summed E-state index contributed by atoms with van der Waals surface area (Å²) in [5.74, 6) is -0.976. The number of nitrogens with zero attached hydrogens (tertiary/aromatic N) is 4. The van der Waals surface area contributed by atoms with Gasteiger partial charge in [-0.25, -0.2) is 0 Å². The molecule has 0 heterocycles. The van der Waals surface area contributed by atoms with Crippen molar-refractivity contribution < 1.29 is 23.1 Å². The molecule has 0 spiro atoms. The molecule has 29 heavy (non-hydrogen) atoms. The van der Waals surface area contributed by atoms with Gasteiger partial charge in [0.05, 0.1) is 17.2 Å². The molecule has 0 saturated heterocycles. The molecule has 1 atom stereocenters. The van der Waals surface area contributed by atoms with Crippen molar-refractivity contribution in [3.8, 4) is 6.07 Å². The van der Waals surface area contributed by atoms with E-state index in [4.69, 9.17) is 10.8 Å². The molecule has 0 aliphatic heterocycles. The van der Waals surface area contributed by atoms with Gasteiger partial charge in [-0.1, -0.05) is 17.2 Å². The molecule has 0 aliphatic rings. The summed E-state index contributed by atoms with van der Waals surface area (Å²) in [4.78, 5) is 15.7. The maximum Gasteiger partial charge on any atom is 0.417 e. The summed E-state index contributed by atoms with van der Waals surface area (Å²) in [5, 5.41) is 24.9.